The zero-order valence-electron chi connectivity index (χ0n) is 8.64. The fourth-order valence-corrected chi connectivity index (χ4v) is 3.39. The molecule has 16 heavy (non-hydrogen) atoms. The second-order valence-electron chi connectivity index (χ2n) is 3.40. The standard InChI is InChI=1S/C11H10BrNOS2/c1-13(6-8-4-5-15-7-8)11(14)9-2-3-10(12)16-9/h2-5,7H,6H2,1H3. The lowest BCUT2D eigenvalue weighted by molar-refractivity contribution is 0.0790. The molecule has 0 saturated heterocycles. The van der Waals surface area contributed by atoms with Crippen molar-refractivity contribution >= 4 is 44.5 Å². The van der Waals surface area contributed by atoms with Crippen LogP contribution in [0.5, 0.6) is 0 Å². The minimum atomic E-state index is 0.0712. The van der Waals surface area contributed by atoms with Crippen molar-refractivity contribution in [3.63, 3.8) is 0 Å². The first-order valence-corrected chi connectivity index (χ1v) is 7.24. The summed E-state index contributed by atoms with van der Waals surface area (Å²) in [6.45, 7) is 0.665. The maximum Gasteiger partial charge on any atom is 0.264 e. The summed E-state index contributed by atoms with van der Waals surface area (Å²) in [5.74, 6) is 0.0712. The van der Waals surface area contributed by atoms with E-state index in [1.165, 1.54) is 16.9 Å². The van der Waals surface area contributed by atoms with Crippen LogP contribution in [-0.4, -0.2) is 17.9 Å². The molecule has 0 aromatic carbocycles. The lowest BCUT2D eigenvalue weighted by Crippen LogP contribution is -2.25. The highest BCUT2D eigenvalue weighted by Gasteiger charge is 2.13. The summed E-state index contributed by atoms with van der Waals surface area (Å²) < 4.78 is 0.986. The smallest absolute Gasteiger partial charge is 0.264 e. The highest BCUT2D eigenvalue weighted by molar-refractivity contribution is 9.11. The van der Waals surface area contributed by atoms with E-state index in [9.17, 15) is 4.79 Å². The first-order chi connectivity index (χ1) is 7.66. The van der Waals surface area contributed by atoms with Gasteiger partial charge >= 0.3 is 0 Å². The molecule has 84 valence electrons. The second kappa shape index (κ2) is 5.12. The Bertz CT molecular complexity index is 478. The van der Waals surface area contributed by atoms with Gasteiger partial charge in [0.05, 0.1) is 8.66 Å². The summed E-state index contributed by atoms with van der Waals surface area (Å²) in [6.07, 6.45) is 0. The molecular formula is C11H10BrNOS2. The van der Waals surface area contributed by atoms with Crippen LogP contribution < -0.4 is 0 Å². The number of hydrogen-bond donors (Lipinski definition) is 0. The molecule has 5 heteroatoms. The van der Waals surface area contributed by atoms with E-state index in [2.05, 4.69) is 21.3 Å². The predicted octanol–water partition coefficient (Wildman–Crippen LogP) is 3.84. The molecule has 2 rings (SSSR count). The first kappa shape index (κ1) is 11.8. The van der Waals surface area contributed by atoms with Crippen molar-refractivity contribution in [2.75, 3.05) is 7.05 Å². The van der Waals surface area contributed by atoms with E-state index in [1.807, 2.05) is 30.6 Å². The van der Waals surface area contributed by atoms with Crippen molar-refractivity contribution in [3.05, 3.63) is 43.2 Å². The van der Waals surface area contributed by atoms with Crippen LogP contribution in [0.4, 0.5) is 0 Å². The summed E-state index contributed by atoms with van der Waals surface area (Å²) in [7, 11) is 1.83. The Hall–Kier alpha value is -0.650. The Balaban J connectivity index is 2.05. The van der Waals surface area contributed by atoms with Crippen LogP contribution in [0.1, 0.15) is 15.2 Å². The highest BCUT2D eigenvalue weighted by Crippen LogP contribution is 2.23. The largest absolute Gasteiger partial charge is 0.337 e. The molecule has 0 spiro atoms. The summed E-state index contributed by atoms with van der Waals surface area (Å²) in [5.41, 5.74) is 1.18. The van der Waals surface area contributed by atoms with E-state index < -0.39 is 0 Å². The van der Waals surface area contributed by atoms with Crippen molar-refractivity contribution in [1.82, 2.24) is 4.90 Å². The van der Waals surface area contributed by atoms with Gasteiger partial charge in [-0.25, -0.2) is 0 Å². The van der Waals surface area contributed by atoms with Gasteiger partial charge in [0.2, 0.25) is 0 Å². The molecule has 0 N–H and O–H groups in total. The summed E-state index contributed by atoms with van der Waals surface area (Å²) >= 11 is 6.47. The van der Waals surface area contributed by atoms with Gasteiger partial charge in [-0.2, -0.15) is 11.3 Å². The van der Waals surface area contributed by atoms with Crippen LogP contribution in [0.2, 0.25) is 0 Å². The van der Waals surface area contributed by atoms with E-state index in [0.717, 1.165) is 8.66 Å². The lowest BCUT2D eigenvalue weighted by atomic mass is 10.3. The zero-order chi connectivity index (χ0) is 11.5. The monoisotopic (exact) mass is 315 g/mol. The molecule has 0 saturated carbocycles. The van der Waals surface area contributed by atoms with Gasteiger partial charge in [0.1, 0.15) is 0 Å². The van der Waals surface area contributed by atoms with Gasteiger partial charge < -0.3 is 4.90 Å². The minimum absolute atomic E-state index is 0.0712. The number of nitrogens with zero attached hydrogens (tertiary/aromatic N) is 1. The number of halogens is 1. The Morgan fingerprint density at radius 1 is 1.44 bits per heavy atom. The maximum atomic E-state index is 12.0. The van der Waals surface area contributed by atoms with Crippen LogP contribution in [0.25, 0.3) is 0 Å². The Labute approximate surface area is 111 Å². The molecule has 2 nitrogen and oxygen atoms in total. The molecule has 2 aromatic heterocycles. The van der Waals surface area contributed by atoms with E-state index >= 15 is 0 Å². The molecule has 0 aliphatic carbocycles. The van der Waals surface area contributed by atoms with Crippen molar-refractivity contribution in [2.45, 2.75) is 6.54 Å². The first-order valence-electron chi connectivity index (χ1n) is 4.68. The van der Waals surface area contributed by atoms with E-state index in [4.69, 9.17) is 0 Å². The average Bonchev–Trinajstić information content (AvgIpc) is 2.88. The molecule has 0 atom stereocenters. The average molecular weight is 316 g/mol. The molecule has 2 aromatic rings. The molecule has 0 aliphatic rings. The number of amides is 1. The van der Waals surface area contributed by atoms with Crippen LogP contribution in [0.15, 0.2) is 32.7 Å². The van der Waals surface area contributed by atoms with E-state index in [-0.39, 0.29) is 5.91 Å². The number of rotatable bonds is 3. The molecule has 0 radical (unpaired) electrons. The van der Waals surface area contributed by atoms with Gasteiger partial charge in [0.25, 0.3) is 5.91 Å². The molecule has 0 fully saturated rings. The van der Waals surface area contributed by atoms with Gasteiger partial charge in [-0.15, -0.1) is 11.3 Å². The normalized spacial score (nSPS) is 10.4. The van der Waals surface area contributed by atoms with E-state index in [1.54, 1.807) is 16.2 Å². The van der Waals surface area contributed by atoms with Crippen LogP contribution in [0.3, 0.4) is 0 Å². The molecule has 0 bridgehead atoms. The van der Waals surface area contributed by atoms with Crippen molar-refractivity contribution in [1.29, 1.82) is 0 Å². The third-order valence-electron chi connectivity index (χ3n) is 2.13. The number of thiophene rings is 2. The molecule has 0 unspecified atom stereocenters. The fraction of sp³-hybridized carbons (Fsp3) is 0.182. The SMILES string of the molecule is CN(Cc1ccsc1)C(=O)c1ccc(Br)s1. The Morgan fingerprint density at radius 2 is 2.25 bits per heavy atom. The zero-order valence-corrected chi connectivity index (χ0v) is 11.9. The van der Waals surface area contributed by atoms with Gasteiger partial charge in [-0.1, -0.05) is 0 Å². The third-order valence-corrected chi connectivity index (χ3v) is 4.47. The summed E-state index contributed by atoms with van der Waals surface area (Å²) in [4.78, 5) is 14.5. The van der Waals surface area contributed by atoms with Gasteiger partial charge in [-0.05, 0) is 50.5 Å². The second-order valence-corrected chi connectivity index (χ2v) is 6.64. The fourth-order valence-electron chi connectivity index (χ4n) is 1.35. The molecule has 2 heterocycles. The quantitative estimate of drug-likeness (QED) is 0.842. The van der Waals surface area contributed by atoms with Crippen molar-refractivity contribution in [3.8, 4) is 0 Å². The lowest BCUT2D eigenvalue weighted by Gasteiger charge is -2.15. The molecule has 1 amide bonds. The van der Waals surface area contributed by atoms with Gasteiger partial charge in [0.15, 0.2) is 0 Å². The Morgan fingerprint density at radius 3 is 2.81 bits per heavy atom. The topological polar surface area (TPSA) is 20.3 Å². The van der Waals surface area contributed by atoms with E-state index in [0.29, 0.717) is 6.54 Å². The maximum absolute atomic E-state index is 12.0. The van der Waals surface area contributed by atoms with Gasteiger partial charge in [-0.3, -0.25) is 4.79 Å². The molecule has 0 aliphatic heterocycles. The Kier molecular flexibility index (Phi) is 3.78. The predicted molar refractivity (Wildman–Crippen MR) is 72.1 cm³/mol. The number of hydrogen-bond acceptors (Lipinski definition) is 3. The number of carbonyl (C=O) groups is 1. The number of carbonyl (C=O) groups excluding carboxylic acids is 1. The highest BCUT2D eigenvalue weighted by atomic mass is 79.9. The van der Waals surface area contributed by atoms with Crippen LogP contribution in [-0.2, 0) is 6.54 Å². The summed E-state index contributed by atoms with van der Waals surface area (Å²) in [5, 5.41) is 4.09. The van der Waals surface area contributed by atoms with Crippen LogP contribution >= 0.6 is 38.6 Å². The molecular weight excluding hydrogens is 306 g/mol. The van der Waals surface area contributed by atoms with Crippen LogP contribution in [0, 0.1) is 0 Å². The minimum Gasteiger partial charge on any atom is -0.337 e. The van der Waals surface area contributed by atoms with Crippen molar-refractivity contribution < 1.29 is 4.79 Å². The summed E-state index contributed by atoms with van der Waals surface area (Å²) in [6, 6.07) is 5.79. The van der Waals surface area contributed by atoms with Gasteiger partial charge in [0, 0.05) is 13.6 Å². The third kappa shape index (κ3) is 2.72. The van der Waals surface area contributed by atoms with Crippen molar-refractivity contribution in [2.24, 2.45) is 0 Å².